The largest absolute Gasteiger partial charge is 0.490 e. The van der Waals surface area contributed by atoms with Crippen LogP contribution in [0.5, 0.6) is 0 Å². The van der Waals surface area contributed by atoms with E-state index >= 15 is 0 Å². The summed E-state index contributed by atoms with van der Waals surface area (Å²) in [5.41, 5.74) is -0.865. The van der Waals surface area contributed by atoms with Crippen LogP contribution in [0.3, 0.4) is 0 Å². The van der Waals surface area contributed by atoms with Gasteiger partial charge in [-0.1, -0.05) is 10.1 Å². The van der Waals surface area contributed by atoms with Gasteiger partial charge in [-0.15, -0.1) is 0 Å². The van der Waals surface area contributed by atoms with E-state index in [0.717, 1.165) is 32.1 Å². The summed E-state index contributed by atoms with van der Waals surface area (Å²) >= 11 is 0. The molecule has 0 aliphatic heterocycles. The Balaban J connectivity index is 1.49. The van der Waals surface area contributed by atoms with Gasteiger partial charge < -0.3 is 20.0 Å². The van der Waals surface area contributed by atoms with Crippen LogP contribution in [0.25, 0.3) is 0 Å². The average Bonchev–Trinajstić information content (AvgIpc) is 3.25. The third-order valence-corrected chi connectivity index (χ3v) is 6.32. The molecule has 1 amide bonds. The van der Waals surface area contributed by atoms with E-state index in [1.165, 1.54) is 12.6 Å². The second kappa shape index (κ2) is 5.12. The molecule has 2 aromatic heterocycles. The summed E-state index contributed by atoms with van der Waals surface area (Å²) in [5, 5.41) is 21.7. The molecule has 4 fully saturated rings. The molecule has 10 heteroatoms. The Morgan fingerprint density at radius 2 is 2.12 bits per heavy atom. The van der Waals surface area contributed by atoms with Crippen LogP contribution in [0.4, 0.5) is 11.8 Å². The molecule has 6 rings (SSSR count). The van der Waals surface area contributed by atoms with E-state index in [4.69, 9.17) is 4.52 Å². The molecule has 4 saturated carbocycles. The highest BCUT2D eigenvalue weighted by Crippen LogP contribution is 2.64. The van der Waals surface area contributed by atoms with Gasteiger partial charge >= 0.3 is 5.95 Å². The molecule has 136 valence electrons. The van der Waals surface area contributed by atoms with E-state index in [0.29, 0.717) is 24.1 Å². The van der Waals surface area contributed by atoms with Crippen LogP contribution in [0.15, 0.2) is 23.2 Å². The van der Waals surface area contributed by atoms with Gasteiger partial charge in [0, 0.05) is 11.2 Å². The van der Waals surface area contributed by atoms with Gasteiger partial charge in [0.25, 0.3) is 0 Å². The average molecular weight is 358 g/mol. The van der Waals surface area contributed by atoms with Gasteiger partial charge in [-0.3, -0.25) is 4.79 Å². The SMILES string of the molecule is O=C(Nc1ccon1)C12C[C@@H]3C[C@@H](C1)CC(n1cnc([N+](=O)[O-])n1)(C3)C2. The monoisotopic (exact) mass is 358 g/mol. The molecule has 2 atom stereocenters. The molecule has 2 aromatic rings. The number of nitro groups is 1. The van der Waals surface area contributed by atoms with E-state index in [2.05, 4.69) is 20.6 Å². The van der Waals surface area contributed by atoms with E-state index < -0.39 is 10.3 Å². The van der Waals surface area contributed by atoms with Gasteiger partial charge in [0.05, 0.1) is 11.0 Å². The lowest BCUT2D eigenvalue weighted by atomic mass is 9.46. The quantitative estimate of drug-likeness (QED) is 0.654. The van der Waals surface area contributed by atoms with Gasteiger partial charge in [0.15, 0.2) is 5.82 Å². The highest BCUT2D eigenvalue weighted by molar-refractivity contribution is 5.95. The van der Waals surface area contributed by atoms with Gasteiger partial charge in [-0.2, -0.15) is 4.68 Å². The molecule has 0 aromatic carbocycles. The third kappa shape index (κ3) is 2.17. The van der Waals surface area contributed by atoms with Crippen LogP contribution in [-0.2, 0) is 10.3 Å². The minimum atomic E-state index is -0.579. The van der Waals surface area contributed by atoms with Gasteiger partial charge in [-0.25, -0.2) is 0 Å². The number of anilines is 1. The molecule has 0 saturated heterocycles. The normalized spacial score (nSPS) is 34.8. The number of hydrogen-bond acceptors (Lipinski definition) is 7. The summed E-state index contributed by atoms with van der Waals surface area (Å²) in [5.74, 6) is 0.822. The van der Waals surface area contributed by atoms with Crippen molar-refractivity contribution in [3.8, 4) is 0 Å². The number of aromatic nitrogens is 4. The summed E-state index contributed by atoms with van der Waals surface area (Å²) < 4.78 is 6.45. The van der Waals surface area contributed by atoms with Crippen molar-refractivity contribution in [2.45, 2.75) is 44.1 Å². The summed E-state index contributed by atoms with van der Waals surface area (Å²) in [6, 6.07) is 1.62. The van der Waals surface area contributed by atoms with E-state index in [-0.39, 0.29) is 17.4 Å². The van der Waals surface area contributed by atoms with Crippen LogP contribution < -0.4 is 5.32 Å². The molecule has 26 heavy (non-hydrogen) atoms. The molecule has 0 unspecified atom stereocenters. The molecule has 4 aliphatic carbocycles. The zero-order chi connectivity index (χ0) is 17.9. The van der Waals surface area contributed by atoms with Crippen molar-refractivity contribution in [3.63, 3.8) is 0 Å². The standard InChI is InChI=1S/C16H18N6O4/c23-13(18-12-1-2-26-20-12)15-4-10-3-11(5-15)7-16(6-10,8-15)21-9-17-14(19-21)22(24)25/h1-2,9-11H,3-8H2,(H,18,20,23)/t10-,11-,15?,16?/m0/s1. The number of nitrogens with zero attached hydrogens (tertiary/aromatic N) is 5. The molecule has 0 radical (unpaired) electrons. The molecular formula is C16H18N6O4. The second-order valence-corrected chi connectivity index (χ2v) is 8.05. The molecular weight excluding hydrogens is 340 g/mol. The molecule has 10 nitrogen and oxygen atoms in total. The fraction of sp³-hybridized carbons (Fsp3) is 0.625. The van der Waals surface area contributed by atoms with Crippen molar-refractivity contribution in [1.82, 2.24) is 19.9 Å². The Morgan fingerprint density at radius 3 is 2.73 bits per heavy atom. The lowest BCUT2D eigenvalue weighted by Crippen LogP contribution is -2.60. The number of carbonyl (C=O) groups excluding carboxylic acids is 1. The molecule has 0 spiro atoms. The first-order valence-corrected chi connectivity index (χ1v) is 8.76. The Morgan fingerprint density at radius 1 is 1.35 bits per heavy atom. The van der Waals surface area contributed by atoms with Gasteiger partial charge in [-0.05, 0) is 55.3 Å². The van der Waals surface area contributed by atoms with Crippen molar-refractivity contribution in [2.24, 2.45) is 17.3 Å². The first kappa shape index (κ1) is 15.5. The molecule has 4 aliphatic rings. The molecule has 1 N–H and O–H groups in total. The van der Waals surface area contributed by atoms with Crippen molar-refractivity contribution in [2.75, 3.05) is 5.32 Å². The predicted octanol–water partition coefficient (Wildman–Crippen LogP) is 2.11. The van der Waals surface area contributed by atoms with Crippen molar-refractivity contribution in [1.29, 1.82) is 0 Å². The van der Waals surface area contributed by atoms with Crippen LogP contribution >= 0.6 is 0 Å². The Bertz CT molecular complexity index is 861. The third-order valence-electron chi connectivity index (χ3n) is 6.32. The van der Waals surface area contributed by atoms with Gasteiger partial charge in [0.2, 0.25) is 12.2 Å². The Hall–Kier alpha value is -2.78. The number of rotatable bonds is 4. The summed E-state index contributed by atoms with van der Waals surface area (Å²) in [6.07, 6.45) is 8.07. The molecule has 2 heterocycles. The van der Waals surface area contributed by atoms with Crippen molar-refractivity contribution >= 4 is 17.7 Å². The predicted molar refractivity (Wildman–Crippen MR) is 86.9 cm³/mol. The maximum absolute atomic E-state index is 13.1. The zero-order valence-corrected chi connectivity index (χ0v) is 14.0. The number of amides is 1. The number of hydrogen-bond donors (Lipinski definition) is 1. The summed E-state index contributed by atoms with van der Waals surface area (Å²) in [6.45, 7) is 0. The molecule has 4 bridgehead atoms. The van der Waals surface area contributed by atoms with Crippen LogP contribution in [0, 0.1) is 27.4 Å². The van der Waals surface area contributed by atoms with Crippen LogP contribution in [0.1, 0.15) is 38.5 Å². The Labute approximate surface area is 148 Å². The number of carbonyl (C=O) groups is 1. The highest BCUT2D eigenvalue weighted by atomic mass is 16.6. The fourth-order valence-corrected chi connectivity index (χ4v) is 5.84. The maximum atomic E-state index is 13.1. The smallest absolute Gasteiger partial charge is 0.390 e. The van der Waals surface area contributed by atoms with Crippen molar-refractivity contribution < 1.29 is 14.2 Å². The fourth-order valence-electron chi connectivity index (χ4n) is 5.84. The topological polar surface area (TPSA) is 129 Å². The minimum Gasteiger partial charge on any atom is -0.390 e. The summed E-state index contributed by atoms with van der Waals surface area (Å²) in [7, 11) is 0. The first-order valence-electron chi connectivity index (χ1n) is 8.76. The van der Waals surface area contributed by atoms with Crippen LogP contribution in [-0.4, -0.2) is 30.8 Å². The first-order chi connectivity index (χ1) is 12.5. The van der Waals surface area contributed by atoms with Crippen LogP contribution in [0.2, 0.25) is 0 Å². The highest BCUT2D eigenvalue weighted by Gasteiger charge is 2.62. The minimum absolute atomic E-state index is 0.0421. The second-order valence-electron chi connectivity index (χ2n) is 8.05. The van der Waals surface area contributed by atoms with Crippen molar-refractivity contribution in [3.05, 3.63) is 28.8 Å². The van der Waals surface area contributed by atoms with E-state index in [9.17, 15) is 14.9 Å². The maximum Gasteiger partial charge on any atom is 0.490 e. The lowest BCUT2D eigenvalue weighted by Gasteiger charge is -2.60. The Kier molecular flexibility index (Phi) is 3.05. The number of nitrogens with one attached hydrogen (secondary N) is 1. The van der Waals surface area contributed by atoms with Gasteiger partial charge in [0.1, 0.15) is 6.26 Å². The zero-order valence-electron chi connectivity index (χ0n) is 14.0. The summed E-state index contributed by atoms with van der Waals surface area (Å²) in [4.78, 5) is 27.3. The lowest BCUT2D eigenvalue weighted by molar-refractivity contribution is -0.394. The van der Waals surface area contributed by atoms with E-state index in [1.807, 2.05) is 0 Å². The van der Waals surface area contributed by atoms with E-state index in [1.54, 1.807) is 10.7 Å².